The van der Waals surface area contributed by atoms with E-state index in [9.17, 15) is 15.0 Å². The molecule has 1 aromatic carbocycles. The van der Waals surface area contributed by atoms with Gasteiger partial charge in [0.1, 0.15) is 0 Å². The van der Waals surface area contributed by atoms with Gasteiger partial charge in [0, 0.05) is 6.54 Å². The van der Waals surface area contributed by atoms with E-state index < -0.39 is 5.60 Å². The summed E-state index contributed by atoms with van der Waals surface area (Å²) in [5.74, 6) is -0.0922. The van der Waals surface area contributed by atoms with Gasteiger partial charge in [-0.05, 0) is 25.3 Å². The van der Waals surface area contributed by atoms with Crippen molar-refractivity contribution in [2.45, 2.75) is 37.8 Å². The standard InChI is InChI=1S/C15H21NO3/c1-15(19,12-6-3-2-4-7-12)10-14(18)16-9-5-8-13(16)11-17/h2-4,6-7,13,17,19H,5,8-11H2,1H3/t13-,15?/m1/s1. The molecule has 104 valence electrons. The van der Waals surface area contributed by atoms with E-state index in [0.717, 1.165) is 18.4 Å². The molecular formula is C15H21NO3. The zero-order valence-electron chi connectivity index (χ0n) is 11.2. The van der Waals surface area contributed by atoms with Gasteiger partial charge in [-0.1, -0.05) is 30.3 Å². The molecule has 1 amide bonds. The highest BCUT2D eigenvalue weighted by Crippen LogP contribution is 2.27. The number of carbonyl (C=O) groups is 1. The Kier molecular flexibility index (Phi) is 4.22. The van der Waals surface area contributed by atoms with Crippen LogP contribution < -0.4 is 0 Å². The largest absolute Gasteiger partial charge is 0.394 e. The van der Waals surface area contributed by atoms with Crippen LogP contribution in [-0.2, 0) is 10.4 Å². The van der Waals surface area contributed by atoms with Crippen LogP contribution >= 0.6 is 0 Å². The second kappa shape index (κ2) is 5.72. The van der Waals surface area contributed by atoms with Gasteiger partial charge < -0.3 is 15.1 Å². The van der Waals surface area contributed by atoms with Gasteiger partial charge in [0.05, 0.1) is 24.7 Å². The lowest BCUT2D eigenvalue weighted by molar-refractivity contribution is -0.137. The van der Waals surface area contributed by atoms with Crippen molar-refractivity contribution in [3.05, 3.63) is 35.9 Å². The Bertz CT molecular complexity index is 430. The molecular weight excluding hydrogens is 242 g/mol. The van der Waals surface area contributed by atoms with E-state index in [-0.39, 0.29) is 25.0 Å². The molecule has 1 heterocycles. The molecule has 1 aromatic rings. The van der Waals surface area contributed by atoms with Crippen molar-refractivity contribution in [3.63, 3.8) is 0 Å². The van der Waals surface area contributed by atoms with Gasteiger partial charge in [-0.25, -0.2) is 0 Å². The van der Waals surface area contributed by atoms with Gasteiger partial charge in [0.15, 0.2) is 0 Å². The maximum Gasteiger partial charge on any atom is 0.226 e. The van der Waals surface area contributed by atoms with Crippen molar-refractivity contribution in [2.24, 2.45) is 0 Å². The molecule has 4 nitrogen and oxygen atoms in total. The summed E-state index contributed by atoms with van der Waals surface area (Å²) >= 11 is 0. The number of hydrogen-bond donors (Lipinski definition) is 2. The highest BCUT2D eigenvalue weighted by Gasteiger charge is 2.33. The average molecular weight is 263 g/mol. The monoisotopic (exact) mass is 263 g/mol. The van der Waals surface area contributed by atoms with Gasteiger partial charge in [0.2, 0.25) is 5.91 Å². The summed E-state index contributed by atoms with van der Waals surface area (Å²) in [5, 5.41) is 19.7. The molecule has 0 saturated carbocycles. The molecule has 1 unspecified atom stereocenters. The second-order valence-electron chi connectivity index (χ2n) is 5.38. The lowest BCUT2D eigenvalue weighted by Crippen LogP contribution is -2.41. The van der Waals surface area contributed by atoms with Gasteiger partial charge >= 0.3 is 0 Å². The minimum absolute atomic E-state index is 0.000774. The number of hydrogen-bond acceptors (Lipinski definition) is 3. The third-order valence-corrected chi connectivity index (χ3v) is 3.80. The van der Waals surface area contributed by atoms with Crippen LogP contribution in [0.5, 0.6) is 0 Å². The Morgan fingerprint density at radius 1 is 1.42 bits per heavy atom. The summed E-state index contributed by atoms with van der Waals surface area (Å²) in [6, 6.07) is 9.13. The van der Waals surface area contributed by atoms with Crippen molar-refractivity contribution in [1.82, 2.24) is 4.90 Å². The first-order chi connectivity index (χ1) is 9.04. The second-order valence-corrected chi connectivity index (χ2v) is 5.38. The summed E-state index contributed by atoms with van der Waals surface area (Å²) in [4.78, 5) is 14.0. The van der Waals surface area contributed by atoms with Crippen LogP contribution in [-0.4, -0.2) is 40.2 Å². The number of carbonyl (C=O) groups excluding carboxylic acids is 1. The van der Waals surface area contributed by atoms with E-state index in [0.29, 0.717) is 6.54 Å². The minimum atomic E-state index is -1.17. The third-order valence-electron chi connectivity index (χ3n) is 3.80. The molecule has 2 N–H and O–H groups in total. The normalized spacial score (nSPS) is 22.3. The van der Waals surface area contributed by atoms with E-state index in [4.69, 9.17) is 0 Å². The SMILES string of the molecule is CC(O)(CC(=O)N1CCC[C@@H]1CO)c1ccccc1. The first-order valence-corrected chi connectivity index (χ1v) is 6.73. The molecule has 1 aliphatic heterocycles. The molecule has 1 saturated heterocycles. The highest BCUT2D eigenvalue weighted by molar-refractivity contribution is 5.78. The van der Waals surface area contributed by atoms with Crippen molar-refractivity contribution in [3.8, 4) is 0 Å². The molecule has 1 fully saturated rings. The Morgan fingerprint density at radius 3 is 2.74 bits per heavy atom. The van der Waals surface area contributed by atoms with Crippen molar-refractivity contribution >= 4 is 5.91 Å². The molecule has 0 spiro atoms. The number of aliphatic hydroxyl groups excluding tert-OH is 1. The summed E-state index contributed by atoms with van der Waals surface area (Å²) in [7, 11) is 0. The Balaban J connectivity index is 2.06. The zero-order valence-corrected chi connectivity index (χ0v) is 11.2. The van der Waals surface area contributed by atoms with E-state index >= 15 is 0 Å². The van der Waals surface area contributed by atoms with E-state index in [1.807, 2.05) is 30.3 Å². The number of benzene rings is 1. The van der Waals surface area contributed by atoms with Crippen LogP contribution in [0.25, 0.3) is 0 Å². The summed E-state index contributed by atoms with van der Waals surface area (Å²) in [6.07, 6.45) is 1.81. The van der Waals surface area contributed by atoms with Crippen LogP contribution in [0, 0.1) is 0 Å². The van der Waals surface area contributed by atoms with Crippen molar-refractivity contribution in [1.29, 1.82) is 0 Å². The summed E-state index contributed by atoms with van der Waals surface area (Å²) < 4.78 is 0. The maximum atomic E-state index is 12.3. The molecule has 2 atom stereocenters. The predicted molar refractivity (Wildman–Crippen MR) is 72.5 cm³/mol. The molecule has 2 rings (SSSR count). The van der Waals surface area contributed by atoms with E-state index in [1.54, 1.807) is 11.8 Å². The lowest BCUT2D eigenvalue weighted by atomic mass is 9.92. The summed E-state index contributed by atoms with van der Waals surface area (Å²) in [5.41, 5.74) is -0.427. The predicted octanol–water partition coefficient (Wildman–Crippen LogP) is 1.27. The fraction of sp³-hybridized carbons (Fsp3) is 0.533. The number of amides is 1. The smallest absolute Gasteiger partial charge is 0.226 e. The van der Waals surface area contributed by atoms with Gasteiger partial charge in [-0.15, -0.1) is 0 Å². The topological polar surface area (TPSA) is 60.8 Å². The third kappa shape index (κ3) is 3.14. The van der Waals surface area contributed by atoms with Crippen LogP contribution in [0.4, 0.5) is 0 Å². The van der Waals surface area contributed by atoms with Gasteiger partial charge in [0.25, 0.3) is 0 Å². The first-order valence-electron chi connectivity index (χ1n) is 6.73. The lowest BCUT2D eigenvalue weighted by Gasteiger charge is -2.29. The van der Waals surface area contributed by atoms with Crippen molar-refractivity contribution < 1.29 is 15.0 Å². The fourth-order valence-corrected chi connectivity index (χ4v) is 2.65. The van der Waals surface area contributed by atoms with Crippen LogP contribution in [0.3, 0.4) is 0 Å². The first kappa shape index (κ1) is 14.0. The maximum absolute atomic E-state index is 12.3. The van der Waals surface area contributed by atoms with E-state index in [1.165, 1.54) is 0 Å². The molecule has 0 aromatic heterocycles. The van der Waals surface area contributed by atoms with E-state index in [2.05, 4.69) is 0 Å². The van der Waals surface area contributed by atoms with Gasteiger partial charge in [-0.2, -0.15) is 0 Å². The molecule has 19 heavy (non-hydrogen) atoms. The Hall–Kier alpha value is -1.39. The fourth-order valence-electron chi connectivity index (χ4n) is 2.65. The van der Waals surface area contributed by atoms with Crippen LogP contribution in [0.15, 0.2) is 30.3 Å². The van der Waals surface area contributed by atoms with Crippen LogP contribution in [0.2, 0.25) is 0 Å². The number of likely N-dealkylation sites (tertiary alicyclic amines) is 1. The number of nitrogens with zero attached hydrogens (tertiary/aromatic N) is 1. The van der Waals surface area contributed by atoms with Crippen molar-refractivity contribution in [2.75, 3.05) is 13.2 Å². The highest BCUT2D eigenvalue weighted by atomic mass is 16.3. The summed E-state index contributed by atoms with van der Waals surface area (Å²) in [6.45, 7) is 2.33. The number of aliphatic hydroxyl groups is 2. The Morgan fingerprint density at radius 2 is 2.11 bits per heavy atom. The van der Waals surface area contributed by atoms with Gasteiger partial charge in [-0.3, -0.25) is 4.79 Å². The Labute approximate surface area is 113 Å². The quantitative estimate of drug-likeness (QED) is 0.860. The minimum Gasteiger partial charge on any atom is -0.394 e. The molecule has 4 heteroatoms. The molecule has 0 aliphatic carbocycles. The van der Waals surface area contributed by atoms with Crippen LogP contribution in [0.1, 0.15) is 31.7 Å². The number of rotatable bonds is 4. The zero-order chi connectivity index (χ0) is 13.9. The molecule has 1 aliphatic rings. The average Bonchev–Trinajstić information content (AvgIpc) is 2.87. The molecule has 0 radical (unpaired) electrons. The molecule has 0 bridgehead atoms.